The molecule has 0 saturated heterocycles. The van der Waals surface area contributed by atoms with Gasteiger partial charge in [-0.05, 0) is 24.6 Å². The van der Waals surface area contributed by atoms with Gasteiger partial charge in [-0.3, -0.25) is 4.98 Å². The maximum absolute atomic E-state index is 11.9. The van der Waals surface area contributed by atoms with Crippen LogP contribution in [-0.2, 0) is 11.3 Å². The number of rotatable bonds is 7. The van der Waals surface area contributed by atoms with E-state index in [2.05, 4.69) is 10.3 Å². The molecule has 0 saturated carbocycles. The Bertz CT molecular complexity index is 561. The van der Waals surface area contributed by atoms with Gasteiger partial charge in [0, 0.05) is 24.2 Å². The van der Waals surface area contributed by atoms with Crippen molar-refractivity contribution in [3.05, 3.63) is 41.6 Å². The van der Waals surface area contributed by atoms with E-state index in [1.807, 2.05) is 37.3 Å². The van der Waals surface area contributed by atoms with Crippen molar-refractivity contribution < 1.29 is 13.5 Å². The minimum Gasteiger partial charge on any atom is -0.374 e. The smallest absolute Gasteiger partial charge is 0.261 e. The highest BCUT2D eigenvalue weighted by molar-refractivity contribution is 5.82. The summed E-state index contributed by atoms with van der Waals surface area (Å²) >= 11 is 0. The summed E-state index contributed by atoms with van der Waals surface area (Å²) in [7, 11) is 0. The molecule has 1 heterocycles. The second-order valence-corrected chi connectivity index (χ2v) is 4.58. The lowest BCUT2D eigenvalue weighted by atomic mass is 10.1. The number of halogens is 2. The summed E-state index contributed by atoms with van der Waals surface area (Å²) in [6.07, 6.45) is -2.40. The first-order valence-corrected chi connectivity index (χ1v) is 6.58. The predicted molar refractivity (Wildman–Crippen MR) is 75.0 cm³/mol. The van der Waals surface area contributed by atoms with E-state index in [1.54, 1.807) is 0 Å². The third kappa shape index (κ3) is 4.21. The number of ether oxygens (including phenoxy) is 1. The summed E-state index contributed by atoms with van der Waals surface area (Å²) in [5.74, 6) is 0. The second kappa shape index (κ2) is 7.26. The molecule has 108 valence electrons. The van der Waals surface area contributed by atoms with Gasteiger partial charge in [0.25, 0.3) is 6.43 Å². The van der Waals surface area contributed by atoms with Crippen LogP contribution in [0, 0.1) is 6.92 Å². The van der Waals surface area contributed by atoms with E-state index in [4.69, 9.17) is 4.74 Å². The van der Waals surface area contributed by atoms with Crippen molar-refractivity contribution in [2.24, 2.45) is 0 Å². The molecule has 0 radical (unpaired) electrons. The Morgan fingerprint density at radius 1 is 1.30 bits per heavy atom. The van der Waals surface area contributed by atoms with Crippen LogP contribution in [0.2, 0.25) is 0 Å². The van der Waals surface area contributed by atoms with E-state index in [9.17, 15) is 8.78 Å². The number of nitrogens with zero attached hydrogens (tertiary/aromatic N) is 1. The Morgan fingerprint density at radius 3 is 2.90 bits per heavy atom. The van der Waals surface area contributed by atoms with Crippen LogP contribution in [0.25, 0.3) is 10.9 Å². The van der Waals surface area contributed by atoms with Crippen LogP contribution in [0.4, 0.5) is 8.78 Å². The van der Waals surface area contributed by atoms with Crippen LogP contribution < -0.4 is 5.32 Å². The number of hydrogen-bond donors (Lipinski definition) is 1. The SMILES string of the molecule is Cc1cc(CNCCOCC(F)F)c2ccccc2n1. The van der Waals surface area contributed by atoms with E-state index in [1.165, 1.54) is 0 Å². The minimum atomic E-state index is -2.40. The summed E-state index contributed by atoms with van der Waals surface area (Å²) in [5.41, 5.74) is 3.09. The largest absolute Gasteiger partial charge is 0.374 e. The lowest BCUT2D eigenvalue weighted by Gasteiger charge is -2.09. The Balaban J connectivity index is 1.90. The Kier molecular flexibility index (Phi) is 5.38. The standard InChI is InChI=1S/C15H18F2N2O/c1-11-8-12(9-18-6-7-20-10-15(16)17)13-4-2-3-5-14(13)19-11/h2-5,8,15,18H,6-7,9-10H2,1H3. The van der Waals surface area contributed by atoms with Crippen molar-refractivity contribution in [3.63, 3.8) is 0 Å². The predicted octanol–water partition coefficient (Wildman–Crippen LogP) is 2.91. The molecule has 0 aliphatic heterocycles. The number of para-hydroxylation sites is 1. The van der Waals surface area contributed by atoms with E-state index >= 15 is 0 Å². The third-order valence-corrected chi connectivity index (χ3v) is 2.91. The highest BCUT2D eigenvalue weighted by atomic mass is 19.3. The fourth-order valence-corrected chi connectivity index (χ4v) is 2.08. The molecule has 0 bridgehead atoms. The van der Waals surface area contributed by atoms with Gasteiger partial charge in [-0.2, -0.15) is 0 Å². The van der Waals surface area contributed by atoms with Gasteiger partial charge in [0.1, 0.15) is 6.61 Å². The molecule has 1 N–H and O–H groups in total. The summed E-state index contributed by atoms with van der Waals surface area (Å²) in [6.45, 7) is 2.96. The number of nitrogens with one attached hydrogen (secondary N) is 1. The summed E-state index contributed by atoms with van der Waals surface area (Å²) < 4.78 is 28.6. The van der Waals surface area contributed by atoms with E-state index in [0.29, 0.717) is 13.1 Å². The molecule has 0 atom stereocenters. The number of fused-ring (bicyclic) bond motifs is 1. The van der Waals surface area contributed by atoms with Crippen molar-refractivity contribution in [2.45, 2.75) is 19.9 Å². The lowest BCUT2D eigenvalue weighted by molar-refractivity contribution is 0.0187. The molecule has 2 aromatic rings. The maximum atomic E-state index is 11.9. The number of aromatic nitrogens is 1. The van der Waals surface area contributed by atoms with E-state index in [-0.39, 0.29) is 6.61 Å². The van der Waals surface area contributed by atoms with Crippen LogP contribution in [0.5, 0.6) is 0 Å². The van der Waals surface area contributed by atoms with Crippen LogP contribution in [-0.4, -0.2) is 31.2 Å². The van der Waals surface area contributed by atoms with Crippen LogP contribution in [0.1, 0.15) is 11.3 Å². The molecule has 5 heteroatoms. The molecular formula is C15H18F2N2O. The molecule has 0 amide bonds. The number of hydrogen-bond acceptors (Lipinski definition) is 3. The fourth-order valence-electron chi connectivity index (χ4n) is 2.08. The summed E-state index contributed by atoms with van der Waals surface area (Å²) in [4.78, 5) is 4.48. The first-order valence-electron chi connectivity index (χ1n) is 6.58. The topological polar surface area (TPSA) is 34.1 Å². The number of aryl methyl sites for hydroxylation is 1. The average molecular weight is 280 g/mol. The second-order valence-electron chi connectivity index (χ2n) is 4.58. The first kappa shape index (κ1) is 14.8. The highest BCUT2D eigenvalue weighted by Crippen LogP contribution is 2.17. The van der Waals surface area contributed by atoms with E-state index < -0.39 is 13.0 Å². The van der Waals surface area contributed by atoms with Gasteiger partial charge in [0.05, 0.1) is 12.1 Å². The van der Waals surface area contributed by atoms with Crippen LogP contribution >= 0.6 is 0 Å². The molecule has 0 unspecified atom stereocenters. The lowest BCUT2D eigenvalue weighted by Crippen LogP contribution is -2.20. The molecule has 1 aromatic carbocycles. The van der Waals surface area contributed by atoms with Crippen molar-refractivity contribution in [1.29, 1.82) is 0 Å². The molecule has 1 aromatic heterocycles. The Morgan fingerprint density at radius 2 is 2.10 bits per heavy atom. The van der Waals surface area contributed by atoms with Crippen molar-refractivity contribution >= 4 is 10.9 Å². The molecule has 20 heavy (non-hydrogen) atoms. The highest BCUT2D eigenvalue weighted by Gasteiger charge is 2.04. The van der Waals surface area contributed by atoms with Crippen molar-refractivity contribution in [1.82, 2.24) is 10.3 Å². The molecule has 0 aliphatic carbocycles. The van der Waals surface area contributed by atoms with Crippen molar-refractivity contribution in [3.8, 4) is 0 Å². The minimum absolute atomic E-state index is 0.284. The Hall–Kier alpha value is -1.59. The molecule has 2 rings (SSSR count). The van der Waals surface area contributed by atoms with Gasteiger partial charge < -0.3 is 10.1 Å². The van der Waals surface area contributed by atoms with Crippen LogP contribution in [0.3, 0.4) is 0 Å². The number of pyridine rings is 1. The quantitative estimate of drug-likeness (QED) is 0.792. The normalized spacial score (nSPS) is 11.4. The Labute approximate surface area is 117 Å². The fraction of sp³-hybridized carbons (Fsp3) is 0.400. The van der Waals surface area contributed by atoms with Gasteiger partial charge in [-0.25, -0.2) is 8.78 Å². The summed E-state index contributed by atoms with van der Waals surface area (Å²) in [5, 5.41) is 4.31. The van der Waals surface area contributed by atoms with Gasteiger partial charge in [0.2, 0.25) is 0 Å². The third-order valence-electron chi connectivity index (χ3n) is 2.91. The zero-order chi connectivity index (χ0) is 14.4. The van der Waals surface area contributed by atoms with Gasteiger partial charge >= 0.3 is 0 Å². The van der Waals surface area contributed by atoms with Gasteiger partial charge in [0.15, 0.2) is 0 Å². The van der Waals surface area contributed by atoms with E-state index in [0.717, 1.165) is 22.2 Å². The number of benzene rings is 1. The molecule has 0 aliphatic rings. The molecular weight excluding hydrogens is 262 g/mol. The molecule has 0 fully saturated rings. The number of alkyl halides is 2. The van der Waals surface area contributed by atoms with Gasteiger partial charge in [-0.1, -0.05) is 18.2 Å². The molecule has 0 spiro atoms. The molecule has 3 nitrogen and oxygen atoms in total. The average Bonchev–Trinajstić information content (AvgIpc) is 2.42. The first-order chi connectivity index (χ1) is 9.66. The summed E-state index contributed by atoms with van der Waals surface area (Å²) in [6, 6.07) is 10.00. The van der Waals surface area contributed by atoms with Crippen LogP contribution in [0.15, 0.2) is 30.3 Å². The van der Waals surface area contributed by atoms with Crippen molar-refractivity contribution in [2.75, 3.05) is 19.8 Å². The zero-order valence-electron chi connectivity index (χ0n) is 11.4. The van der Waals surface area contributed by atoms with Gasteiger partial charge in [-0.15, -0.1) is 0 Å². The monoisotopic (exact) mass is 280 g/mol. The maximum Gasteiger partial charge on any atom is 0.261 e. The zero-order valence-corrected chi connectivity index (χ0v) is 11.4.